The Morgan fingerprint density at radius 1 is 1.41 bits per heavy atom. The first-order valence-corrected chi connectivity index (χ1v) is 6.86. The zero-order valence-corrected chi connectivity index (χ0v) is 11.3. The number of rotatable bonds is 4. The molecule has 3 unspecified atom stereocenters. The van der Waals surface area contributed by atoms with Crippen molar-refractivity contribution in [3.63, 3.8) is 0 Å². The highest BCUT2D eigenvalue weighted by molar-refractivity contribution is 5.78. The molecule has 0 aromatic rings. The second kappa shape index (κ2) is 5.36. The van der Waals surface area contributed by atoms with Gasteiger partial charge in [0.1, 0.15) is 0 Å². The van der Waals surface area contributed by atoms with E-state index in [2.05, 4.69) is 17.1 Å². The third kappa shape index (κ3) is 2.47. The number of nitrogens with one attached hydrogen (secondary N) is 1. The van der Waals surface area contributed by atoms with Gasteiger partial charge in [0.15, 0.2) is 0 Å². The molecule has 0 spiro atoms. The Balaban J connectivity index is 1.95. The first-order chi connectivity index (χ1) is 8.17. The number of amides is 1. The Labute approximate surface area is 104 Å². The zero-order valence-electron chi connectivity index (χ0n) is 11.3. The van der Waals surface area contributed by atoms with Gasteiger partial charge in [0.25, 0.3) is 0 Å². The molecule has 3 atom stereocenters. The third-order valence-electron chi connectivity index (χ3n) is 4.48. The molecule has 2 heterocycles. The highest BCUT2D eigenvalue weighted by atomic mass is 16.2. The summed E-state index contributed by atoms with van der Waals surface area (Å²) >= 11 is 0. The van der Waals surface area contributed by atoms with Crippen LogP contribution in [0.25, 0.3) is 0 Å². The highest BCUT2D eigenvalue weighted by Crippen LogP contribution is 2.33. The van der Waals surface area contributed by atoms with Crippen LogP contribution >= 0.6 is 0 Å². The Bertz CT molecular complexity index is 282. The van der Waals surface area contributed by atoms with E-state index >= 15 is 0 Å². The van der Waals surface area contributed by atoms with E-state index in [4.69, 9.17) is 0 Å². The van der Waals surface area contributed by atoms with Crippen molar-refractivity contribution in [2.24, 2.45) is 11.8 Å². The second-order valence-corrected chi connectivity index (χ2v) is 5.40. The lowest BCUT2D eigenvalue weighted by atomic mass is 9.93. The van der Waals surface area contributed by atoms with Crippen LogP contribution in [-0.4, -0.2) is 61.5 Å². The SMILES string of the molecule is CCC1C2CNCC2CN1CC(=O)N(C)CC. The summed E-state index contributed by atoms with van der Waals surface area (Å²) < 4.78 is 0. The number of likely N-dealkylation sites (N-methyl/N-ethyl adjacent to an activating group) is 1. The van der Waals surface area contributed by atoms with Crippen LogP contribution in [0.3, 0.4) is 0 Å². The Morgan fingerprint density at radius 2 is 2.18 bits per heavy atom. The van der Waals surface area contributed by atoms with E-state index in [0.29, 0.717) is 12.6 Å². The standard InChI is InChI=1S/C13H25N3O/c1-4-12-11-7-14-6-10(11)8-16(12)9-13(17)15(3)5-2/h10-12,14H,4-9H2,1-3H3. The fourth-order valence-electron chi connectivity index (χ4n) is 3.32. The predicted molar refractivity (Wildman–Crippen MR) is 68.8 cm³/mol. The molecular formula is C13H25N3O. The fourth-order valence-corrected chi connectivity index (χ4v) is 3.32. The molecule has 2 saturated heterocycles. The molecule has 0 aromatic heterocycles. The summed E-state index contributed by atoms with van der Waals surface area (Å²) in [7, 11) is 1.89. The Morgan fingerprint density at radius 3 is 2.82 bits per heavy atom. The molecule has 98 valence electrons. The van der Waals surface area contributed by atoms with E-state index in [1.165, 1.54) is 0 Å². The summed E-state index contributed by atoms with van der Waals surface area (Å²) in [5.74, 6) is 1.79. The molecular weight excluding hydrogens is 214 g/mol. The lowest BCUT2D eigenvalue weighted by molar-refractivity contribution is -0.131. The molecule has 2 rings (SSSR count). The maximum absolute atomic E-state index is 12.0. The van der Waals surface area contributed by atoms with E-state index in [0.717, 1.165) is 44.4 Å². The predicted octanol–water partition coefficient (Wildman–Crippen LogP) is 0.395. The molecule has 1 N–H and O–H groups in total. The molecule has 0 aromatic carbocycles. The smallest absolute Gasteiger partial charge is 0.236 e. The van der Waals surface area contributed by atoms with Crippen LogP contribution in [0.1, 0.15) is 20.3 Å². The minimum Gasteiger partial charge on any atom is -0.345 e. The van der Waals surface area contributed by atoms with Gasteiger partial charge >= 0.3 is 0 Å². The average Bonchev–Trinajstić information content (AvgIpc) is 2.87. The van der Waals surface area contributed by atoms with Gasteiger partial charge in [-0.25, -0.2) is 0 Å². The molecule has 0 aliphatic carbocycles. The van der Waals surface area contributed by atoms with Crippen LogP contribution in [-0.2, 0) is 4.79 Å². The van der Waals surface area contributed by atoms with Gasteiger partial charge in [0.05, 0.1) is 6.54 Å². The number of hydrogen-bond donors (Lipinski definition) is 1. The maximum Gasteiger partial charge on any atom is 0.236 e. The molecule has 1 amide bonds. The number of fused-ring (bicyclic) bond motifs is 1. The van der Waals surface area contributed by atoms with Gasteiger partial charge in [0.2, 0.25) is 5.91 Å². The monoisotopic (exact) mass is 239 g/mol. The lowest BCUT2D eigenvalue weighted by Crippen LogP contribution is -2.42. The van der Waals surface area contributed by atoms with Crippen molar-refractivity contribution in [3.05, 3.63) is 0 Å². The summed E-state index contributed by atoms with van der Waals surface area (Å²) in [6, 6.07) is 0.601. The van der Waals surface area contributed by atoms with Gasteiger partial charge in [-0.2, -0.15) is 0 Å². The van der Waals surface area contributed by atoms with E-state index in [1.54, 1.807) is 0 Å². The number of hydrogen-bond acceptors (Lipinski definition) is 3. The van der Waals surface area contributed by atoms with Crippen LogP contribution in [0.2, 0.25) is 0 Å². The number of carbonyl (C=O) groups excluding carboxylic acids is 1. The minimum atomic E-state index is 0.263. The molecule has 0 saturated carbocycles. The van der Waals surface area contributed by atoms with E-state index < -0.39 is 0 Å². The normalized spacial score (nSPS) is 32.8. The number of nitrogens with zero attached hydrogens (tertiary/aromatic N) is 2. The zero-order chi connectivity index (χ0) is 12.4. The van der Waals surface area contributed by atoms with Crippen molar-refractivity contribution in [2.75, 3.05) is 39.8 Å². The van der Waals surface area contributed by atoms with Crippen LogP contribution in [0, 0.1) is 11.8 Å². The van der Waals surface area contributed by atoms with Crippen LogP contribution in [0.4, 0.5) is 0 Å². The first kappa shape index (κ1) is 12.8. The van der Waals surface area contributed by atoms with Gasteiger partial charge < -0.3 is 10.2 Å². The Hall–Kier alpha value is -0.610. The van der Waals surface area contributed by atoms with Crippen molar-refractivity contribution in [2.45, 2.75) is 26.3 Å². The molecule has 0 radical (unpaired) electrons. The molecule has 4 heteroatoms. The van der Waals surface area contributed by atoms with E-state index in [1.807, 2.05) is 18.9 Å². The first-order valence-electron chi connectivity index (χ1n) is 6.86. The quantitative estimate of drug-likeness (QED) is 0.771. The fraction of sp³-hybridized carbons (Fsp3) is 0.923. The highest BCUT2D eigenvalue weighted by Gasteiger charge is 2.43. The van der Waals surface area contributed by atoms with Crippen molar-refractivity contribution >= 4 is 5.91 Å². The van der Waals surface area contributed by atoms with Gasteiger partial charge in [0, 0.05) is 26.2 Å². The second-order valence-electron chi connectivity index (χ2n) is 5.40. The molecule has 4 nitrogen and oxygen atoms in total. The topological polar surface area (TPSA) is 35.6 Å². The van der Waals surface area contributed by atoms with Crippen LogP contribution in [0.5, 0.6) is 0 Å². The van der Waals surface area contributed by atoms with E-state index in [-0.39, 0.29) is 5.91 Å². The van der Waals surface area contributed by atoms with Crippen LogP contribution in [0.15, 0.2) is 0 Å². The van der Waals surface area contributed by atoms with Gasteiger partial charge in [-0.1, -0.05) is 6.92 Å². The summed E-state index contributed by atoms with van der Waals surface area (Å²) in [5, 5.41) is 3.47. The minimum absolute atomic E-state index is 0.263. The van der Waals surface area contributed by atoms with Crippen molar-refractivity contribution in [3.8, 4) is 0 Å². The van der Waals surface area contributed by atoms with Crippen LogP contribution < -0.4 is 5.32 Å². The maximum atomic E-state index is 12.0. The largest absolute Gasteiger partial charge is 0.345 e. The molecule has 2 fully saturated rings. The Kier molecular flexibility index (Phi) is 4.05. The lowest BCUT2D eigenvalue weighted by Gasteiger charge is -2.27. The molecule has 2 aliphatic rings. The molecule has 0 bridgehead atoms. The molecule has 2 aliphatic heterocycles. The number of likely N-dealkylation sites (tertiary alicyclic amines) is 1. The average molecular weight is 239 g/mol. The summed E-state index contributed by atoms with van der Waals surface area (Å²) in [4.78, 5) is 16.2. The number of carbonyl (C=O) groups is 1. The summed E-state index contributed by atoms with van der Waals surface area (Å²) in [6.07, 6.45) is 1.16. The van der Waals surface area contributed by atoms with Gasteiger partial charge in [-0.05, 0) is 38.3 Å². The van der Waals surface area contributed by atoms with Crippen molar-refractivity contribution < 1.29 is 4.79 Å². The van der Waals surface area contributed by atoms with Crippen molar-refractivity contribution in [1.29, 1.82) is 0 Å². The van der Waals surface area contributed by atoms with Gasteiger partial charge in [-0.15, -0.1) is 0 Å². The summed E-state index contributed by atoms with van der Waals surface area (Å²) in [6.45, 7) is 9.05. The summed E-state index contributed by atoms with van der Waals surface area (Å²) in [5.41, 5.74) is 0. The van der Waals surface area contributed by atoms with E-state index in [9.17, 15) is 4.79 Å². The van der Waals surface area contributed by atoms with Gasteiger partial charge in [-0.3, -0.25) is 9.69 Å². The van der Waals surface area contributed by atoms with Crippen molar-refractivity contribution in [1.82, 2.24) is 15.1 Å². The molecule has 17 heavy (non-hydrogen) atoms. The third-order valence-corrected chi connectivity index (χ3v) is 4.48.